The molecule has 96 valence electrons. The molecule has 0 atom stereocenters. The van der Waals surface area contributed by atoms with Gasteiger partial charge in [0.15, 0.2) is 0 Å². The van der Waals surface area contributed by atoms with Gasteiger partial charge in [0, 0.05) is 11.6 Å². The Kier molecular flexibility index (Phi) is 4.05. The molecule has 1 saturated carbocycles. The summed E-state index contributed by atoms with van der Waals surface area (Å²) in [5.74, 6) is -0.487. The van der Waals surface area contributed by atoms with Crippen molar-refractivity contribution in [2.45, 2.75) is 18.9 Å². The van der Waals surface area contributed by atoms with Crippen molar-refractivity contribution in [2.24, 2.45) is 0 Å². The number of phenolic OH excluding ortho intramolecular Hbond substituents is 1. The van der Waals surface area contributed by atoms with Crippen LogP contribution in [-0.2, 0) is 4.79 Å². The first-order valence-electron chi connectivity index (χ1n) is 5.62. The molecule has 0 saturated heterocycles. The SMILES string of the molecule is O=C(CNC(=O)c1ccc(I)c(O)c1)NC1CC1. The maximum Gasteiger partial charge on any atom is 0.251 e. The zero-order valence-corrected chi connectivity index (χ0v) is 11.7. The molecule has 2 amide bonds. The topological polar surface area (TPSA) is 78.4 Å². The Labute approximate surface area is 118 Å². The van der Waals surface area contributed by atoms with Crippen LogP contribution in [0.25, 0.3) is 0 Å². The van der Waals surface area contributed by atoms with E-state index in [4.69, 9.17) is 0 Å². The summed E-state index contributed by atoms with van der Waals surface area (Å²) in [7, 11) is 0. The summed E-state index contributed by atoms with van der Waals surface area (Å²) in [4.78, 5) is 23.1. The van der Waals surface area contributed by atoms with E-state index in [0.29, 0.717) is 9.13 Å². The van der Waals surface area contributed by atoms with E-state index in [2.05, 4.69) is 10.6 Å². The molecule has 1 aromatic carbocycles. The molecule has 18 heavy (non-hydrogen) atoms. The minimum Gasteiger partial charge on any atom is -0.507 e. The first-order chi connectivity index (χ1) is 8.56. The van der Waals surface area contributed by atoms with E-state index in [1.807, 2.05) is 22.6 Å². The highest BCUT2D eigenvalue weighted by Crippen LogP contribution is 2.20. The molecule has 1 aliphatic rings. The first kappa shape index (κ1) is 13.1. The van der Waals surface area contributed by atoms with Gasteiger partial charge in [0.25, 0.3) is 5.91 Å². The molecule has 0 radical (unpaired) electrons. The molecule has 6 heteroatoms. The fourth-order valence-electron chi connectivity index (χ4n) is 1.42. The van der Waals surface area contributed by atoms with Gasteiger partial charge in [0.05, 0.1) is 10.1 Å². The number of hydrogen-bond donors (Lipinski definition) is 3. The molecule has 0 aliphatic heterocycles. The normalized spacial score (nSPS) is 14.1. The summed E-state index contributed by atoms with van der Waals surface area (Å²) in [5, 5.41) is 14.8. The van der Waals surface area contributed by atoms with Gasteiger partial charge in [-0.15, -0.1) is 0 Å². The van der Waals surface area contributed by atoms with E-state index in [1.165, 1.54) is 6.07 Å². The molecule has 0 bridgehead atoms. The summed E-state index contributed by atoms with van der Waals surface area (Å²) in [6.45, 7) is -0.0396. The van der Waals surface area contributed by atoms with Gasteiger partial charge in [-0.1, -0.05) is 0 Å². The molecule has 0 aromatic heterocycles. The van der Waals surface area contributed by atoms with Crippen LogP contribution in [0.4, 0.5) is 0 Å². The molecule has 0 unspecified atom stereocenters. The third kappa shape index (κ3) is 3.59. The van der Waals surface area contributed by atoms with Crippen LogP contribution in [0.3, 0.4) is 0 Å². The molecule has 2 rings (SSSR count). The Bertz CT molecular complexity index is 486. The van der Waals surface area contributed by atoms with E-state index in [1.54, 1.807) is 12.1 Å². The smallest absolute Gasteiger partial charge is 0.251 e. The van der Waals surface area contributed by atoms with Gasteiger partial charge in [-0.3, -0.25) is 9.59 Å². The van der Waals surface area contributed by atoms with E-state index >= 15 is 0 Å². The summed E-state index contributed by atoms with van der Waals surface area (Å²) >= 11 is 1.97. The maximum absolute atomic E-state index is 11.7. The molecule has 5 nitrogen and oxygen atoms in total. The average Bonchev–Trinajstić information content (AvgIpc) is 3.13. The van der Waals surface area contributed by atoms with Crippen molar-refractivity contribution in [2.75, 3.05) is 6.54 Å². The Morgan fingerprint density at radius 3 is 2.72 bits per heavy atom. The highest BCUT2D eigenvalue weighted by atomic mass is 127. The van der Waals surface area contributed by atoms with Gasteiger partial charge in [0.2, 0.25) is 5.91 Å². The highest BCUT2D eigenvalue weighted by Gasteiger charge is 2.23. The van der Waals surface area contributed by atoms with Crippen LogP contribution in [0.15, 0.2) is 18.2 Å². The van der Waals surface area contributed by atoms with Crippen LogP contribution in [-0.4, -0.2) is 29.5 Å². The number of rotatable bonds is 4. The van der Waals surface area contributed by atoms with E-state index in [9.17, 15) is 14.7 Å². The zero-order chi connectivity index (χ0) is 13.1. The van der Waals surface area contributed by atoms with Crippen LogP contribution >= 0.6 is 22.6 Å². The number of carbonyl (C=O) groups excluding carboxylic acids is 2. The van der Waals surface area contributed by atoms with Crippen LogP contribution < -0.4 is 10.6 Å². The molecular weight excluding hydrogens is 347 g/mol. The number of phenols is 1. The molecule has 1 fully saturated rings. The lowest BCUT2D eigenvalue weighted by molar-refractivity contribution is -0.120. The van der Waals surface area contributed by atoms with E-state index < -0.39 is 0 Å². The molecule has 0 heterocycles. The third-order valence-corrected chi connectivity index (χ3v) is 3.47. The molecule has 0 spiro atoms. The van der Waals surface area contributed by atoms with Crippen molar-refractivity contribution >= 4 is 34.4 Å². The second kappa shape index (κ2) is 5.55. The largest absolute Gasteiger partial charge is 0.507 e. The standard InChI is InChI=1S/C12H13IN2O3/c13-9-4-1-7(5-10(9)16)12(18)14-6-11(17)15-8-2-3-8/h1,4-5,8,16H,2-3,6H2,(H,14,18)(H,15,17). The Morgan fingerprint density at radius 1 is 1.39 bits per heavy atom. The number of amides is 2. The lowest BCUT2D eigenvalue weighted by Gasteiger charge is -2.06. The Hall–Kier alpha value is -1.31. The van der Waals surface area contributed by atoms with E-state index in [0.717, 1.165) is 12.8 Å². The minimum atomic E-state index is -0.368. The van der Waals surface area contributed by atoms with Crippen LogP contribution in [0.1, 0.15) is 23.2 Å². The predicted molar refractivity (Wildman–Crippen MR) is 74.3 cm³/mol. The Balaban J connectivity index is 1.86. The van der Waals surface area contributed by atoms with E-state index in [-0.39, 0.29) is 30.2 Å². The van der Waals surface area contributed by atoms with Crippen molar-refractivity contribution in [3.8, 4) is 5.75 Å². The Morgan fingerprint density at radius 2 is 2.11 bits per heavy atom. The van der Waals surface area contributed by atoms with Gasteiger partial charge in [-0.05, 0) is 53.6 Å². The average molecular weight is 360 g/mol. The molecule has 1 aliphatic carbocycles. The van der Waals surface area contributed by atoms with Crippen LogP contribution in [0, 0.1) is 3.57 Å². The van der Waals surface area contributed by atoms with Crippen LogP contribution in [0.2, 0.25) is 0 Å². The van der Waals surface area contributed by atoms with Crippen LogP contribution in [0.5, 0.6) is 5.75 Å². The predicted octanol–water partition coefficient (Wildman–Crippen LogP) is 1.01. The van der Waals surface area contributed by atoms with Crippen molar-refractivity contribution in [3.05, 3.63) is 27.3 Å². The fraction of sp³-hybridized carbons (Fsp3) is 0.333. The summed E-state index contributed by atoms with van der Waals surface area (Å²) in [5.41, 5.74) is 0.340. The van der Waals surface area contributed by atoms with Crippen molar-refractivity contribution in [1.82, 2.24) is 10.6 Å². The lowest BCUT2D eigenvalue weighted by Crippen LogP contribution is -2.37. The van der Waals surface area contributed by atoms with Crippen molar-refractivity contribution in [1.29, 1.82) is 0 Å². The van der Waals surface area contributed by atoms with Gasteiger partial charge in [-0.2, -0.15) is 0 Å². The number of nitrogens with one attached hydrogen (secondary N) is 2. The monoisotopic (exact) mass is 360 g/mol. The van der Waals surface area contributed by atoms with Gasteiger partial charge in [-0.25, -0.2) is 0 Å². The molecule has 1 aromatic rings. The van der Waals surface area contributed by atoms with Crippen molar-refractivity contribution in [3.63, 3.8) is 0 Å². The molecular formula is C12H13IN2O3. The third-order valence-electron chi connectivity index (χ3n) is 2.56. The first-order valence-corrected chi connectivity index (χ1v) is 6.70. The summed E-state index contributed by atoms with van der Waals surface area (Å²) in [6.07, 6.45) is 2.04. The zero-order valence-electron chi connectivity index (χ0n) is 9.57. The number of benzene rings is 1. The van der Waals surface area contributed by atoms with Gasteiger partial charge in [0.1, 0.15) is 5.75 Å². The quantitative estimate of drug-likeness (QED) is 0.702. The minimum absolute atomic E-state index is 0.0396. The second-order valence-corrected chi connectivity index (χ2v) is 5.35. The van der Waals surface area contributed by atoms with Crippen molar-refractivity contribution < 1.29 is 14.7 Å². The van der Waals surface area contributed by atoms with Gasteiger partial charge < -0.3 is 15.7 Å². The fourth-order valence-corrected chi connectivity index (χ4v) is 1.76. The van der Waals surface area contributed by atoms with Gasteiger partial charge >= 0.3 is 0 Å². The lowest BCUT2D eigenvalue weighted by atomic mass is 10.2. The number of halogens is 1. The second-order valence-electron chi connectivity index (χ2n) is 4.19. The highest BCUT2D eigenvalue weighted by molar-refractivity contribution is 14.1. The maximum atomic E-state index is 11.7. The number of aromatic hydroxyl groups is 1. The summed E-state index contributed by atoms with van der Waals surface area (Å²) in [6, 6.07) is 4.93. The number of carbonyl (C=O) groups is 2. The molecule has 3 N–H and O–H groups in total. The number of hydrogen-bond acceptors (Lipinski definition) is 3. The summed E-state index contributed by atoms with van der Waals surface area (Å²) < 4.78 is 0.677.